The van der Waals surface area contributed by atoms with Crippen molar-refractivity contribution in [3.63, 3.8) is 0 Å². The van der Waals surface area contributed by atoms with Crippen LogP contribution in [0.15, 0.2) is 10.7 Å². The molecular formula is C14H16BrClN2O2. The monoisotopic (exact) mass is 358 g/mol. The second-order valence-corrected chi connectivity index (χ2v) is 6.81. The molecule has 0 aromatic carbocycles. The average Bonchev–Trinajstić information content (AvgIpc) is 2.82. The second-order valence-electron chi connectivity index (χ2n) is 5.58. The number of nitrogens with one attached hydrogen (secondary N) is 1. The molecule has 2 heterocycles. The molecule has 1 aromatic rings. The van der Waals surface area contributed by atoms with Gasteiger partial charge >= 0.3 is 5.97 Å². The highest BCUT2D eigenvalue weighted by Crippen LogP contribution is 2.51. The van der Waals surface area contributed by atoms with Crippen LogP contribution in [0.1, 0.15) is 31.2 Å². The number of carbonyl (C=O) groups is 1. The highest BCUT2D eigenvalue weighted by atomic mass is 79.9. The van der Waals surface area contributed by atoms with Gasteiger partial charge in [0.05, 0.1) is 22.5 Å². The maximum absolute atomic E-state index is 11.7. The lowest BCUT2D eigenvalue weighted by atomic mass is 9.68. The SMILES string of the molecule is COC(=O)C1CCC2(CC1)CNc1ncc(Br)c(Cl)c12. The van der Waals surface area contributed by atoms with Crippen LogP contribution >= 0.6 is 27.5 Å². The predicted octanol–water partition coefficient (Wildman–Crippen LogP) is 3.52. The van der Waals surface area contributed by atoms with Crippen molar-refractivity contribution in [2.24, 2.45) is 5.92 Å². The van der Waals surface area contributed by atoms with E-state index in [1.54, 1.807) is 6.20 Å². The summed E-state index contributed by atoms with van der Waals surface area (Å²) in [7, 11) is 1.46. The van der Waals surface area contributed by atoms with Gasteiger partial charge in [0.1, 0.15) is 5.82 Å². The Labute approximate surface area is 131 Å². The summed E-state index contributed by atoms with van der Waals surface area (Å²) < 4.78 is 5.68. The minimum absolute atomic E-state index is 0.00766. The first-order chi connectivity index (χ1) is 9.57. The van der Waals surface area contributed by atoms with Gasteiger partial charge in [-0.2, -0.15) is 0 Å². The summed E-state index contributed by atoms with van der Waals surface area (Å²) in [5.41, 5.74) is 1.12. The number of aromatic nitrogens is 1. The van der Waals surface area contributed by atoms with Crippen LogP contribution in [0, 0.1) is 5.92 Å². The van der Waals surface area contributed by atoms with Crippen LogP contribution < -0.4 is 5.32 Å². The van der Waals surface area contributed by atoms with Crippen molar-refractivity contribution in [3.05, 3.63) is 21.3 Å². The highest BCUT2D eigenvalue weighted by Gasteiger charge is 2.45. The number of rotatable bonds is 1. The van der Waals surface area contributed by atoms with E-state index in [2.05, 4.69) is 26.2 Å². The van der Waals surface area contributed by atoms with Gasteiger partial charge in [0.25, 0.3) is 0 Å². The lowest BCUT2D eigenvalue weighted by molar-refractivity contribution is -0.146. The van der Waals surface area contributed by atoms with Crippen LogP contribution in [-0.2, 0) is 14.9 Å². The average molecular weight is 360 g/mol. The number of halogens is 2. The van der Waals surface area contributed by atoms with E-state index in [1.165, 1.54) is 7.11 Å². The van der Waals surface area contributed by atoms with Gasteiger partial charge in [-0.15, -0.1) is 0 Å². The van der Waals surface area contributed by atoms with Crippen LogP contribution in [0.2, 0.25) is 5.02 Å². The molecular weight excluding hydrogens is 344 g/mol. The summed E-state index contributed by atoms with van der Waals surface area (Å²) in [5.74, 6) is 0.813. The topological polar surface area (TPSA) is 51.2 Å². The molecule has 20 heavy (non-hydrogen) atoms. The zero-order valence-corrected chi connectivity index (χ0v) is 13.6. The first-order valence-electron chi connectivity index (χ1n) is 6.73. The molecule has 0 atom stereocenters. The number of carbonyl (C=O) groups excluding carboxylic acids is 1. The first-order valence-corrected chi connectivity index (χ1v) is 7.91. The fourth-order valence-corrected chi connectivity index (χ4v) is 4.06. The molecule has 1 N–H and O–H groups in total. The third kappa shape index (κ3) is 2.11. The smallest absolute Gasteiger partial charge is 0.308 e. The van der Waals surface area contributed by atoms with Crippen molar-refractivity contribution < 1.29 is 9.53 Å². The number of anilines is 1. The van der Waals surface area contributed by atoms with Gasteiger partial charge in [-0.25, -0.2) is 4.98 Å². The summed E-state index contributed by atoms with van der Waals surface area (Å²) in [6.45, 7) is 0.847. The number of nitrogens with zero attached hydrogens (tertiary/aromatic N) is 1. The van der Waals surface area contributed by atoms with E-state index >= 15 is 0 Å². The molecule has 0 saturated heterocycles. The lowest BCUT2D eigenvalue weighted by Crippen LogP contribution is -2.36. The minimum atomic E-state index is -0.0931. The van der Waals surface area contributed by atoms with E-state index in [0.717, 1.165) is 53.1 Å². The van der Waals surface area contributed by atoms with Gasteiger partial charge in [-0.1, -0.05) is 11.6 Å². The van der Waals surface area contributed by atoms with E-state index in [9.17, 15) is 4.79 Å². The van der Waals surface area contributed by atoms with E-state index in [4.69, 9.17) is 16.3 Å². The van der Waals surface area contributed by atoms with E-state index < -0.39 is 0 Å². The molecule has 4 nitrogen and oxygen atoms in total. The van der Waals surface area contributed by atoms with Crippen molar-refractivity contribution in [2.45, 2.75) is 31.1 Å². The molecule has 1 aliphatic heterocycles. The Hall–Kier alpha value is -0.810. The minimum Gasteiger partial charge on any atom is -0.469 e. The Morgan fingerprint density at radius 1 is 1.55 bits per heavy atom. The molecule has 108 valence electrons. The fourth-order valence-electron chi connectivity index (χ4n) is 3.42. The summed E-state index contributed by atoms with van der Waals surface area (Å²) in [4.78, 5) is 16.1. The number of fused-ring (bicyclic) bond motifs is 2. The molecule has 3 rings (SSSR count). The van der Waals surface area contributed by atoms with Crippen molar-refractivity contribution in [2.75, 3.05) is 19.0 Å². The van der Waals surface area contributed by atoms with Crippen LogP contribution in [-0.4, -0.2) is 24.6 Å². The third-order valence-electron chi connectivity index (χ3n) is 4.57. The number of pyridine rings is 1. The number of ether oxygens (including phenoxy) is 1. The Morgan fingerprint density at radius 3 is 2.90 bits per heavy atom. The molecule has 1 aliphatic carbocycles. The summed E-state index contributed by atoms with van der Waals surface area (Å²) in [6.07, 6.45) is 5.29. The van der Waals surface area contributed by atoms with Crippen molar-refractivity contribution >= 4 is 39.3 Å². The highest BCUT2D eigenvalue weighted by molar-refractivity contribution is 9.10. The molecule has 1 saturated carbocycles. The Kier molecular flexibility index (Phi) is 3.67. The van der Waals surface area contributed by atoms with E-state index in [-0.39, 0.29) is 17.3 Å². The molecule has 0 bridgehead atoms. The number of hydrogen-bond acceptors (Lipinski definition) is 4. The van der Waals surface area contributed by atoms with Crippen LogP contribution in [0.3, 0.4) is 0 Å². The second kappa shape index (κ2) is 5.19. The van der Waals surface area contributed by atoms with Gasteiger partial charge in [0.15, 0.2) is 0 Å². The van der Waals surface area contributed by atoms with E-state index in [0.29, 0.717) is 0 Å². The zero-order chi connectivity index (χ0) is 14.3. The quantitative estimate of drug-likeness (QED) is 0.779. The molecule has 6 heteroatoms. The number of hydrogen-bond donors (Lipinski definition) is 1. The van der Waals surface area contributed by atoms with Gasteiger partial charge < -0.3 is 10.1 Å². The number of esters is 1. The molecule has 0 unspecified atom stereocenters. The molecule has 1 fully saturated rings. The van der Waals surface area contributed by atoms with Crippen molar-refractivity contribution in [1.82, 2.24) is 4.98 Å². The largest absolute Gasteiger partial charge is 0.469 e. The molecule has 1 aromatic heterocycles. The van der Waals surface area contributed by atoms with E-state index in [1.807, 2.05) is 0 Å². The van der Waals surface area contributed by atoms with Crippen LogP contribution in [0.5, 0.6) is 0 Å². The molecule has 0 radical (unpaired) electrons. The summed E-state index contributed by atoms with van der Waals surface area (Å²) >= 11 is 9.92. The molecule has 0 amide bonds. The van der Waals surface area contributed by atoms with Crippen molar-refractivity contribution in [1.29, 1.82) is 0 Å². The lowest BCUT2D eigenvalue weighted by Gasteiger charge is -2.36. The standard InChI is InChI=1S/C14H16BrClN2O2/c1-20-13(19)8-2-4-14(5-3-8)7-18-12-10(14)11(16)9(15)6-17-12/h6,8H,2-5,7H2,1H3,(H,17,18). The maximum Gasteiger partial charge on any atom is 0.308 e. The van der Waals surface area contributed by atoms with Crippen LogP contribution in [0.25, 0.3) is 0 Å². The summed E-state index contributed by atoms with van der Waals surface area (Å²) in [6, 6.07) is 0. The first kappa shape index (κ1) is 14.1. The fraction of sp³-hybridized carbons (Fsp3) is 0.571. The van der Waals surface area contributed by atoms with Crippen LogP contribution in [0.4, 0.5) is 5.82 Å². The van der Waals surface area contributed by atoms with Gasteiger partial charge in [-0.05, 0) is 41.6 Å². The number of methoxy groups -OCH3 is 1. The normalized spacial score (nSPS) is 28.1. The Morgan fingerprint density at radius 2 is 2.25 bits per heavy atom. The Bertz CT molecular complexity index is 556. The van der Waals surface area contributed by atoms with Gasteiger partial charge in [0, 0.05) is 23.7 Å². The third-order valence-corrected chi connectivity index (χ3v) is 5.80. The van der Waals surface area contributed by atoms with Gasteiger partial charge in [0.2, 0.25) is 0 Å². The zero-order valence-electron chi connectivity index (χ0n) is 11.2. The molecule has 1 spiro atoms. The Balaban J connectivity index is 1.88. The molecule has 2 aliphatic rings. The predicted molar refractivity (Wildman–Crippen MR) is 81.1 cm³/mol. The van der Waals surface area contributed by atoms with Gasteiger partial charge in [-0.3, -0.25) is 4.79 Å². The maximum atomic E-state index is 11.7. The summed E-state index contributed by atoms with van der Waals surface area (Å²) in [5, 5.41) is 4.10. The van der Waals surface area contributed by atoms with Crippen molar-refractivity contribution in [3.8, 4) is 0 Å².